The van der Waals surface area contributed by atoms with E-state index in [2.05, 4.69) is 40.2 Å². The number of carbonyl (C=O) groups excluding carboxylic acids is 1. The zero-order valence-electron chi connectivity index (χ0n) is 25.9. The summed E-state index contributed by atoms with van der Waals surface area (Å²) in [6.07, 6.45) is 8.66. The summed E-state index contributed by atoms with van der Waals surface area (Å²) in [7, 11) is 0. The van der Waals surface area contributed by atoms with Gasteiger partial charge in [0.05, 0.1) is 11.6 Å². The predicted octanol–water partition coefficient (Wildman–Crippen LogP) is 5.05. The second-order valence-corrected chi connectivity index (χ2v) is 14.4. The van der Waals surface area contributed by atoms with Crippen LogP contribution < -0.4 is 5.84 Å². The van der Waals surface area contributed by atoms with Gasteiger partial charge in [-0.05, 0) is 87.8 Å². The van der Waals surface area contributed by atoms with E-state index >= 15 is 0 Å². The van der Waals surface area contributed by atoms with Gasteiger partial charge in [-0.15, -0.1) is 0 Å². The van der Waals surface area contributed by atoms with Crippen LogP contribution in [-0.4, -0.2) is 84.6 Å². The Labute approximate surface area is 259 Å². The zero-order valence-corrected chi connectivity index (χ0v) is 25.9. The maximum atomic E-state index is 13.2. The number of nitrogens with zero attached hydrogens (tertiary/aromatic N) is 5. The minimum Gasteiger partial charge on any atom is -0.494 e. The minimum atomic E-state index is -0.163. The van der Waals surface area contributed by atoms with Crippen molar-refractivity contribution in [2.75, 3.05) is 32.7 Å². The number of amides is 2. The summed E-state index contributed by atoms with van der Waals surface area (Å²) in [5, 5.41) is 33.6. The molecule has 0 spiro atoms. The number of aromatic nitrogens is 3. The van der Waals surface area contributed by atoms with Crippen molar-refractivity contribution < 1.29 is 15.0 Å². The third kappa shape index (κ3) is 4.42. The first-order valence-electron chi connectivity index (χ1n) is 17.0. The van der Waals surface area contributed by atoms with Crippen molar-refractivity contribution in [2.45, 2.75) is 88.6 Å². The highest BCUT2D eigenvalue weighted by atomic mass is 16.3. The number of nitrogens with two attached hydrogens (primary N) is 1. The summed E-state index contributed by atoms with van der Waals surface area (Å²) in [5.41, 5.74) is 4.08. The molecule has 0 radical (unpaired) electrons. The number of hydrazine groups is 1. The maximum absolute atomic E-state index is 13.2. The Morgan fingerprint density at radius 3 is 2.39 bits per heavy atom. The standard InChI is InChI=1S/C34H47N7O3/c1-20-25-17-26(31(20)41(35)34(44)39-13-4-5-14-39)29-28(25)32(42)40(33(29)43)19-23-8-6-7-22(23)18-38-15-11-21(12-16-38)30-24-9-2-3-10-27(24)36-37-30/h2-3,9-10,20-23,25-26,31,42-43H,4-8,11-19,35H2,1H3,(H,36,37). The lowest BCUT2D eigenvalue weighted by Crippen LogP contribution is -2.54. The van der Waals surface area contributed by atoms with Crippen LogP contribution in [0.3, 0.4) is 0 Å². The maximum Gasteiger partial charge on any atom is 0.334 e. The normalized spacial score (nSPS) is 30.5. The average Bonchev–Trinajstić information content (AvgIpc) is 3.89. The number of benzene rings is 1. The number of para-hydroxylation sites is 1. The van der Waals surface area contributed by atoms with Gasteiger partial charge in [0.2, 0.25) is 0 Å². The molecule has 2 saturated carbocycles. The van der Waals surface area contributed by atoms with Gasteiger partial charge in [0.25, 0.3) is 0 Å². The van der Waals surface area contributed by atoms with Crippen molar-refractivity contribution >= 4 is 16.9 Å². The number of piperidine rings is 1. The second-order valence-electron chi connectivity index (χ2n) is 14.4. The third-order valence-corrected chi connectivity index (χ3v) is 12.3. The van der Waals surface area contributed by atoms with Gasteiger partial charge in [-0.2, -0.15) is 5.10 Å². The predicted molar refractivity (Wildman–Crippen MR) is 168 cm³/mol. The Morgan fingerprint density at radius 1 is 0.955 bits per heavy atom. The van der Waals surface area contributed by atoms with Gasteiger partial charge in [0.15, 0.2) is 11.8 Å². The number of H-pyrrole nitrogens is 1. The minimum absolute atomic E-state index is 0.0404. The number of rotatable bonds is 6. The molecule has 6 unspecified atom stereocenters. The summed E-state index contributed by atoms with van der Waals surface area (Å²) in [4.78, 5) is 17.7. The van der Waals surface area contributed by atoms with Crippen LogP contribution >= 0.6 is 0 Å². The van der Waals surface area contributed by atoms with Crippen LogP contribution in [0.15, 0.2) is 24.3 Å². The van der Waals surface area contributed by atoms with Crippen molar-refractivity contribution in [1.29, 1.82) is 0 Å². The molecule has 2 aliphatic heterocycles. The van der Waals surface area contributed by atoms with E-state index in [1.807, 2.05) is 11.0 Å². The monoisotopic (exact) mass is 601 g/mol. The van der Waals surface area contributed by atoms with Gasteiger partial charge in [-0.25, -0.2) is 10.6 Å². The van der Waals surface area contributed by atoms with Gasteiger partial charge in [0.1, 0.15) is 0 Å². The molecule has 2 amide bonds. The van der Waals surface area contributed by atoms with Gasteiger partial charge in [-0.3, -0.25) is 14.7 Å². The Hall–Kier alpha value is -3.24. The molecule has 44 heavy (non-hydrogen) atoms. The van der Waals surface area contributed by atoms with Crippen molar-refractivity contribution in [1.82, 2.24) is 29.6 Å². The molecular formula is C34H47N7O3. The molecule has 5 N–H and O–H groups in total. The lowest BCUT2D eigenvalue weighted by Gasteiger charge is -2.37. The first-order valence-corrected chi connectivity index (χ1v) is 17.0. The zero-order chi connectivity index (χ0) is 30.1. The van der Waals surface area contributed by atoms with E-state index in [1.165, 1.54) is 28.9 Å². The molecule has 1 aromatic carbocycles. The number of carbonyl (C=O) groups is 1. The first-order chi connectivity index (χ1) is 21.4. The van der Waals surface area contributed by atoms with E-state index in [9.17, 15) is 15.0 Å². The quantitative estimate of drug-likeness (QED) is 0.178. The number of aromatic amines is 1. The fourth-order valence-corrected chi connectivity index (χ4v) is 9.94. The van der Waals surface area contributed by atoms with E-state index < -0.39 is 0 Å². The van der Waals surface area contributed by atoms with E-state index in [0.29, 0.717) is 24.3 Å². The van der Waals surface area contributed by atoms with Gasteiger partial charge in [-0.1, -0.05) is 31.5 Å². The molecule has 2 aromatic heterocycles. The van der Waals surface area contributed by atoms with Crippen LogP contribution in [0.4, 0.5) is 4.79 Å². The smallest absolute Gasteiger partial charge is 0.334 e. The molecule has 10 heteroatoms. The number of likely N-dealkylation sites (tertiary alicyclic amines) is 2. The highest BCUT2D eigenvalue weighted by Gasteiger charge is 2.56. The number of hydrogen-bond donors (Lipinski definition) is 4. The lowest BCUT2D eigenvalue weighted by atomic mass is 9.82. The SMILES string of the molecule is CC1C2CC(c3c2c(O)n(CC2CCCC2CN2CCC(c4[nH]nc5ccccc45)CC2)c3O)C1N(N)C(=O)N1CCCC1. The van der Waals surface area contributed by atoms with Crippen molar-refractivity contribution in [3.63, 3.8) is 0 Å². The Kier molecular flexibility index (Phi) is 7.05. The second kappa shape index (κ2) is 11.0. The molecule has 5 aliphatic rings. The van der Waals surface area contributed by atoms with E-state index in [4.69, 9.17) is 5.84 Å². The van der Waals surface area contributed by atoms with Crippen LogP contribution in [0.1, 0.15) is 92.9 Å². The van der Waals surface area contributed by atoms with Crippen molar-refractivity contribution in [3.05, 3.63) is 41.1 Å². The molecule has 3 aromatic rings. The number of aromatic hydroxyl groups is 2. The summed E-state index contributed by atoms with van der Waals surface area (Å²) in [6.45, 7) is 7.56. The number of fused-ring (bicyclic) bond motifs is 6. The van der Waals surface area contributed by atoms with Crippen LogP contribution in [0.5, 0.6) is 11.8 Å². The van der Waals surface area contributed by atoms with Crippen LogP contribution in [0, 0.1) is 17.8 Å². The Morgan fingerprint density at radius 2 is 1.64 bits per heavy atom. The van der Waals surface area contributed by atoms with Crippen LogP contribution in [0.25, 0.3) is 10.9 Å². The highest BCUT2D eigenvalue weighted by Crippen LogP contribution is 2.63. The van der Waals surface area contributed by atoms with Gasteiger partial charge < -0.3 is 20.0 Å². The summed E-state index contributed by atoms with van der Waals surface area (Å²) in [6, 6.07) is 8.13. The summed E-state index contributed by atoms with van der Waals surface area (Å²) >= 11 is 0. The molecule has 2 saturated heterocycles. The fraction of sp³-hybridized carbons (Fsp3) is 0.647. The number of nitrogens with one attached hydrogen (secondary N) is 1. The summed E-state index contributed by atoms with van der Waals surface area (Å²) < 4.78 is 1.79. The lowest BCUT2D eigenvalue weighted by molar-refractivity contribution is 0.121. The molecular weight excluding hydrogens is 554 g/mol. The average molecular weight is 602 g/mol. The van der Waals surface area contributed by atoms with E-state index in [-0.39, 0.29) is 41.6 Å². The van der Waals surface area contributed by atoms with E-state index in [0.717, 1.165) is 87.9 Å². The molecule has 4 heterocycles. The Bertz CT molecular complexity index is 1530. The fourth-order valence-electron chi connectivity index (χ4n) is 9.94. The molecule has 8 rings (SSSR count). The van der Waals surface area contributed by atoms with Crippen LogP contribution in [-0.2, 0) is 6.54 Å². The summed E-state index contributed by atoms with van der Waals surface area (Å²) in [5.74, 6) is 8.64. The molecule has 4 fully saturated rings. The van der Waals surface area contributed by atoms with Crippen molar-refractivity contribution in [2.24, 2.45) is 23.6 Å². The highest BCUT2D eigenvalue weighted by molar-refractivity contribution is 5.81. The number of hydrogen-bond acceptors (Lipinski definition) is 6. The molecule has 236 valence electrons. The molecule has 10 nitrogen and oxygen atoms in total. The molecule has 6 atom stereocenters. The van der Waals surface area contributed by atoms with Gasteiger partial charge >= 0.3 is 6.03 Å². The largest absolute Gasteiger partial charge is 0.494 e. The molecule has 2 bridgehead atoms. The number of urea groups is 1. The molecule has 3 aliphatic carbocycles. The Balaban J connectivity index is 0.938. The van der Waals surface area contributed by atoms with Gasteiger partial charge in [0, 0.05) is 60.2 Å². The topological polar surface area (TPSA) is 127 Å². The first kappa shape index (κ1) is 28.2. The third-order valence-electron chi connectivity index (χ3n) is 12.3. The van der Waals surface area contributed by atoms with Crippen LogP contribution in [0.2, 0.25) is 0 Å². The van der Waals surface area contributed by atoms with Crippen molar-refractivity contribution in [3.8, 4) is 11.8 Å². The van der Waals surface area contributed by atoms with E-state index in [1.54, 1.807) is 4.57 Å².